The van der Waals surface area contributed by atoms with Crippen LogP contribution >= 0.6 is 11.6 Å². The second kappa shape index (κ2) is 9.31. The van der Waals surface area contributed by atoms with Crippen LogP contribution in [-0.4, -0.2) is 28.9 Å². The standard InChI is InChI=1S/C27H25ClN2O4/c1-15(2)20-14-18(5-8-22(20)34-4)25(31)23-24(17-9-11-29-12-10-17)30(27(33)26(23)32)21-7-6-19(28)13-16(21)3/h5-15,24,31H,1-4H3/b25-23-. The summed E-state index contributed by atoms with van der Waals surface area (Å²) in [5.41, 5.74) is 3.28. The number of halogens is 1. The van der Waals surface area contributed by atoms with Gasteiger partial charge in [-0.25, -0.2) is 0 Å². The van der Waals surface area contributed by atoms with Crippen LogP contribution in [-0.2, 0) is 9.59 Å². The lowest BCUT2D eigenvalue weighted by Crippen LogP contribution is -2.30. The molecule has 1 fully saturated rings. The number of rotatable bonds is 5. The van der Waals surface area contributed by atoms with Crippen molar-refractivity contribution in [3.8, 4) is 5.75 Å². The van der Waals surface area contributed by atoms with Gasteiger partial charge in [0.15, 0.2) is 0 Å². The molecule has 0 radical (unpaired) electrons. The number of aromatic nitrogens is 1. The SMILES string of the molecule is COc1ccc(/C(O)=C2/C(=O)C(=O)N(c3ccc(Cl)cc3C)C2c2ccncc2)cc1C(C)C. The van der Waals surface area contributed by atoms with Crippen molar-refractivity contribution in [2.45, 2.75) is 32.7 Å². The Bertz CT molecular complexity index is 1300. The molecule has 1 saturated heterocycles. The number of nitrogens with zero attached hydrogens (tertiary/aromatic N) is 2. The molecule has 4 rings (SSSR count). The number of ketones is 1. The number of aryl methyl sites for hydroxylation is 1. The van der Waals surface area contributed by atoms with Gasteiger partial charge in [0, 0.05) is 28.7 Å². The highest BCUT2D eigenvalue weighted by Crippen LogP contribution is 2.43. The summed E-state index contributed by atoms with van der Waals surface area (Å²) in [5.74, 6) is -0.895. The molecule has 2 aromatic carbocycles. The first-order valence-electron chi connectivity index (χ1n) is 10.9. The van der Waals surface area contributed by atoms with Gasteiger partial charge in [0.2, 0.25) is 0 Å². The molecule has 1 aromatic heterocycles. The summed E-state index contributed by atoms with van der Waals surface area (Å²) in [6.45, 7) is 5.85. The minimum atomic E-state index is -0.826. The Morgan fingerprint density at radius 1 is 1.09 bits per heavy atom. The van der Waals surface area contributed by atoms with Crippen molar-refractivity contribution in [1.29, 1.82) is 0 Å². The lowest BCUT2D eigenvalue weighted by atomic mass is 9.93. The molecule has 1 amide bonds. The number of aliphatic hydroxyl groups excluding tert-OH is 1. The van der Waals surface area contributed by atoms with Gasteiger partial charge in [0.25, 0.3) is 11.7 Å². The van der Waals surface area contributed by atoms with E-state index in [0.717, 1.165) is 11.1 Å². The van der Waals surface area contributed by atoms with Crippen molar-refractivity contribution in [2.75, 3.05) is 12.0 Å². The van der Waals surface area contributed by atoms with Crippen LogP contribution in [0.15, 0.2) is 66.5 Å². The number of hydrogen-bond acceptors (Lipinski definition) is 5. The molecule has 0 aliphatic carbocycles. The summed E-state index contributed by atoms with van der Waals surface area (Å²) in [7, 11) is 1.59. The summed E-state index contributed by atoms with van der Waals surface area (Å²) >= 11 is 6.13. The Balaban J connectivity index is 1.95. The van der Waals surface area contributed by atoms with Crippen molar-refractivity contribution >= 4 is 34.7 Å². The van der Waals surface area contributed by atoms with Crippen molar-refractivity contribution in [1.82, 2.24) is 4.98 Å². The molecular formula is C27H25ClN2O4. The highest BCUT2D eigenvalue weighted by molar-refractivity contribution is 6.51. The van der Waals surface area contributed by atoms with Crippen LogP contribution in [0.3, 0.4) is 0 Å². The fourth-order valence-electron chi connectivity index (χ4n) is 4.32. The molecule has 6 nitrogen and oxygen atoms in total. The minimum absolute atomic E-state index is 0.0189. The summed E-state index contributed by atoms with van der Waals surface area (Å²) in [4.78, 5) is 32.1. The van der Waals surface area contributed by atoms with Crippen LogP contribution in [0.25, 0.3) is 5.76 Å². The summed E-state index contributed by atoms with van der Waals surface area (Å²) < 4.78 is 5.45. The van der Waals surface area contributed by atoms with Crippen LogP contribution in [0.2, 0.25) is 5.02 Å². The van der Waals surface area contributed by atoms with Crippen molar-refractivity contribution < 1.29 is 19.4 Å². The number of aliphatic hydroxyl groups is 1. The van der Waals surface area contributed by atoms with Gasteiger partial charge in [-0.05, 0) is 78.1 Å². The van der Waals surface area contributed by atoms with E-state index >= 15 is 0 Å². The average molecular weight is 477 g/mol. The molecule has 0 bridgehead atoms. The van der Waals surface area contributed by atoms with Crippen molar-refractivity contribution in [3.05, 3.63) is 93.8 Å². The van der Waals surface area contributed by atoms with E-state index in [0.29, 0.717) is 27.6 Å². The zero-order chi connectivity index (χ0) is 24.6. The molecule has 1 N–H and O–H groups in total. The average Bonchev–Trinajstić information content (AvgIpc) is 3.09. The molecule has 0 spiro atoms. The molecule has 0 saturated carbocycles. The maximum Gasteiger partial charge on any atom is 0.300 e. The zero-order valence-corrected chi connectivity index (χ0v) is 20.1. The van der Waals surface area contributed by atoms with E-state index in [1.54, 1.807) is 68.0 Å². The minimum Gasteiger partial charge on any atom is -0.507 e. The molecule has 1 aliphatic rings. The maximum atomic E-state index is 13.3. The largest absolute Gasteiger partial charge is 0.507 e. The lowest BCUT2D eigenvalue weighted by molar-refractivity contribution is -0.132. The number of carbonyl (C=O) groups excluding carboxylic acids is 2. The molecule has 2 heterocycles. The van der Waals surface area contributed by atoms with E-state index < -0.39 is 17.7 Å². The molecule has 1 aliphatic heterocycles. The third kappa shape index (κ3) is 4.05. The number of anilines is 1. The van der Waals surface area contributed by atoms with Gasteiger partial charge in [0.1, 0.15) is 11.5 Å². The van der Waals surface area contributed by atoms with Crippen LogP contribution in [0.4, 0.5) is 5.69 Å². The highest BCUT2D eigenvalue weighted by Gasteiger charge is 2.47. The van der Waals surface area contributed by atoms with Crippen molar-refractivity contribution in [3.63, 3.8) is 0 Å². The summed E-state index contributed by atoms with van der Waals surface area (Å²) in [6.07, 6.45) is 3.18. The first kappa shape index (κ1) is 23.5. The number of benzene rings is 2. The molecule has 174 valence electrons. The van der Waals surface area contributed by atoms with E-state index in [4.69, 9.17) is 16.3 Å². The van der Waals surface area contributed by atoms with Gasteiger partial charge in [-0.2, -0.15) is 0 Å². The molecule has 7 heteroatoms. The Morgan fingerprint density at radius 2 is 1.79 bits per heavy atom. The second-order valence-corrected chi connectivity index (χ2v) is 8.93. The number of amides is 1. The van der Waals surface area contributed by atoms with E-state index in [-0.39, 0.29) is 17.3 Å². The van der Waals surface area contributed by atoms with Crippen LogP contribution in [0.1, 0.15) is 48.1 Å². The highest BCUT2D eigenvalue weighted by atomic mass is 35.5. The van der Waals surface area contributed by atoms with Crippen molar-refractivity contribution in [2.24, 2.45) is 0 Å². The molecular weight excluding hydrogens is 452 g/mol. The van der Waals surface area contributed by atoms with E-state index in [9.17, 15) is 14.7 Å². The predicted molar refractivity (Wildman–Crippen MR) is 132 cm³/mol. The fraction of sp³-hybridized carbons (Fsp3) is 0.222. The smallest absolute Gasteiger partial charge is 0.300 e. The van der Waals surface area contributed by atoms with Gasteiger partial charge in [0.05, 0.1) is 18.7 Å². The zero-order valence-electron chi connectivity index (χ0n) is 19.4. The first-order valence-corrected chi connectivity index (χ1v) is 11.3. The number of methoxy groups -OCH3 is 1. The van der Waals surface area contributed by atoms with Crippen LogP contribution in [0.5, 0.6) is 5.75 Å². The summed E-state index contributed by atoms with van der Waals surface area (Å²) in [6, 6.07) is 13.0. The van der Waals surface area contributed by atoms with Crippen LogP contribution < -0.4 is 9.64 Å². The quantitative estimate of drug-likeness (QED) is 0.286. The number of carbonyl (C=O) groups is 2. The monoisotopic (exact) mass is 476 g/mol. The Kier molecular flexibility index (Phi) is 6.44. The van der Waals surface area contributed by atoms with Gasteiger partial charge < -0.3 is 9.84 Å². The first-order chi connectivity index (χ1) is 16.2. The normalized spacial score (nSPS) is 17.5. The number of hydrogen-bond donors (Lipinski definition) is 1. The van der Waals surface area contributed by atoms with Gasteiger partial charge in [-0.15, -0.1) is 0 Å². The molecule has 3 aromatic rings. The van der Waals surface area contributed by atoms with E-state index in [1.165, 1.54) is 4.90 Å². The number of pyridine rings is 1. The molecule has 34 heavy (non-hydrogen) atoms. The fourth-order valence-corrected chi connectivity index (χ4v) is 4.55. The number of ether oxygens (including phenoxy) is 1. The molecule has 1 atom stereocenters. The Morgan fingerprint density at radius 3 is 2.41 bits per heavy atom. The van der Waals surface area contributed by atoms with E-state index in [2.05, 4.69) is 4.98 Å². The van der Waals surface area contributed by atoms with Gasteiger partial charge in [-0.1, -0.05) is 25.4 Å². The van der Waals surface area contributed by atoms with Crippen LogP contribution in [0, 0.1) is 6.92 Å². The Hall–Kier alpha value is -3.64. The van der Waals surface area contributed by atoms with Gasteiger partial charge >= 0.3 is 0 Å². The molecule has 1 unspecified atom stereocenters. The van der Waals surface area contributed by atoms with E-state index in [1.807, 2.05) is 20.8 Å². The topological polar surface area (TPSA) is 79.7 Å². The maximum absolute atomic E-state index is 13.3. The number of Topliss-reactive ketones (excluding diaryl/α,β-unsaturated/α-hetero) is 1. The van der Waals surface area contributed by atoms with Gasteiger partial charge in [-0.3, -0.25) is 19.5 Å². The predicted octanol–water partition coefficient (Wildman–Crippen LogP) is 5.80. The Labute approximate surface area is 203 Å². The lowest BCUT2D eigenvalue weighted by Gasteiger charge is -2.27. The summed E-state index contributed by atoms with van der Waals surface area (Å²) in [5, 5.41) is 11.9. The third-order valence-electron chi connectivity index (χ3n) is 6.01. The third-order valence-corrected chi connectivity index (χ3v) is 6.24. The second-order valence-electron chi connectivity index (χ2n) is 8.49.